The molecule has 44 heavy (non-hydrogen) atoms. The van der Waals surface area contributed by atoms with Crippen LogP contribution in [0.1, 0.15) is 52.7 Å². The minimum Gasteiger partial charge on any atom is -0.497 e. The van der Waals surface area contributed by atoms with Crippen LogP contribution in [0.4, 0.5) is 5.69 Å². The van der Waals surface area contributed by atoms with Crippen LogP contribution in [0.3, 0.4) is 0 Å². The lowest BCUT2D eigenvalue weighted by Gasteiger charge is -2.45. The molecule has 1 aliphatic heterocycles. The average Bonchev–Trinajstić information content (AvgIpc) is 3.16. The van der Waals surface area contributed by atoms with Crippen molar-refractivity contribution in [1.82, 2.24) is 4.90 Å². The van der Waals surface area contributed by atoms with E-state index < -0.39 is 5.97 Å². The third-order valence-corrected chi connectivity index (χ3v) is 9.90. The number of carbonyl (C=O) groups excluding carboxylic acids is 1. The molecule has 1 amide bonds. The molecule has 8 heteroatoms. The summed E-state index contributed by atoms with van der Waals surface area (Å²) in [5, 5.41) is 10.6. The predicted molar refractivity (Wildman–Crippen MR) is 172 cm³/mol. The van der Waals surface area contributed by atoms with Gasteiger partial charge >= 0.3 is 5.97 Å². The minimum atomic E-state index is -0.973. The number of carbonyl (C=O) groups is 2. The number of halogens is 1. The maximum Gasteiger partial charge on any atom is 0.335 e. The molecular formula is C36H39ClN2O5. The summed E-state index contributed by atoms with van der Waals surface area (Å²) in [7, 11) is 1.64. The Labute approximate surface area is 264 Å². The van der Waals surface area contributed by atoms with Crippen molar-refractivity contribution >= 4 is 29.2 Å². The lowest BCUT2D eigenvalue weighted by atomic mass is 9.69. The molecule has 1 spiro atoms. The molecule has 1 heterocycles. The zero-order valence-corrected chi connectivity index (χ0v) is 25.9. The van der Waals surface area contributed by atoms with Crippen LogP contribution in [0.15, 0.2) is 73.3 Å². The van der Waals surface area contributed by atoms with Crippen LogP contribution < -0.4 is 14.4 Å². The number of anilines is 1. The van der Waals surface area contributed by atoms with Crippen molar-refractivity contribution in [3.05, 3.63) is 101 Å². The molecular weight excluding hydrogens is 576 g/mol. The topological polar surface area (TPSA) is 79.3 Å². The van der Waals surface area contributed by atoms with E-state index in [1.54, 1.807) is 31.4 Å². The molecule has 3 atom stereocenters. The molecule has 1 N–H and O–H groups in total. The number of aromatic carboxylic acids is 1. The lowest BCUT2D eigenvalue weighted by Crippen LogP contribution is -2.50. The maximum absolute atomic E-state index is 14.0. The van der Waals surface area contributed by atoms with E-state index in [9.17, 15) is 14.7 Å². The second-order valence-electron chi connectivity index (χ2n) is 12.4. The van der Waals surface area contributed by atoms with Crippen LogP contribution in [0.5, 0.6) is 11.5 Å². The van der Waals surface area contributed by atoms with Crippen molar-refractivity contribution in [3.63, 3.8) is 0 Å². The van der Waals surface area contributed by atoms with E-state index in [1.165, 1.54) is 11.1 Å². The average molecular weight is 615 g/mol. The van der Waals surface area contributed by atoms with Gasteiger partial charge in [-0.1, -0.05) is 35.9 Å². The molecule has 7 nitrogen and oxygen atoms in total. The number of carboxylic acid groups (broad SMARTS) is 1. The van der Waals surface area contributed by atoms with E-state index >= 15 is 0 Å². The van der Waals surface area contributed by atoms with Gasteiger partial charge < -0.3 is 24.4 Å². The largest absolute Gasteiger partial charge is 0.497 e. The number of amides is 1. The molecule has 1 fully saturated rings. The summed E-state index contributed by atoms with van der Waals surface area (Å²) in [5.41, 5.74) is 4.27. The first-order valence-corrected chi connectivity index (χ1v) is 15.7. The van der Waals surface area contributed by atoms with Crippen molar-refractivity contribution in [2.24, 2.45) is 11.8 Å². The molecule has 2 aliphatic carbocycles. The molecule has 3 aliphatic rings. The minimum absolute atomic E-state index is 0.114. The van der Waals surface area contributed by atoms with Gasteiger partial charge in [-0.2, -0.15) is 0 Å². The number of nitrogens with zero attached hydrogens (tertiary/aromatic N) is 2. The van der Waals surface area contributed by atoms with Gasteiger partial charge in [-0.3, -0.25) is 4.79 Å². The molecule has 1 unspecified atom stereocenters. The number of fused-ring (bicyclic) bond motifs is 3. The van der Waals surface area contributed by atoms with Gasteiger partial charge in [-0.05, 0) is 97.2 Å². The van der Waals surface area contributed by atoms with Crippen molar-refractivity contribution in [2.45, 2.75) is 44.1 Å². The molecule has 3 aromatic rings. The summed E-state index contributed by atoms with van der Waals surface area (Å²) < 4.78 is 11.8. The predicted octanol–water partition coefficient (Wildman–Crippen LogP) is 6.76. The summed E-state index contributed by atoms with van der Waals surface area (Å²) in [4.78, 5) is 30.1. The fourth-order valence-electron chi connectivity index (χ4n) is 7.22. The van der Waals surface area contributed by atoms with Gasteiger partial charge in [-0.25, -0.2) is 4.79 Å². The van der Waals surface area contributed by atoms with E-state index in [4.69, 9.17) is 21.1 Å². The van der Waals surface area contributed by atoms with Crippen LogP contribution in [0.2, 0.25) is 5.02 Å². The fourth-order valence-corrected chi connectivity index (χ4v) is 7.41. The number of aryl methyl sites for hydroxylation is 1. The number of hydrogen-bond donors (Lipinski definition) is 1. The van der Waals surface area contributed by atoms with Gasteiger partial charge in [0.1, 0.15) is 11.5 Å². The molecule has 1 saturated carbocycles. The Balaban J connectivity index is 1.28. The monoisotopic (exact) mass is 614 g/mol. The Morgan fingerprint density at radius 3 is 2.68 bits per heavy atom. The molecule has 230 valence electrons. The van der Waals surface area contributed by atoms with Crippen LogP contribution in [0.25, 0.3) is 0 Å². The third kappa shape index (κ3) is 5.90. The Hall–Kier alpha value is -3.97. The van der Waals surface area contributed by atoms with Gasteiger partial charge in [0, 0.05) is 42.5 Å². The van der Waals surface area contributed by atoms with Gasteiger partial charge in [0.25, 0.3) is 0 Å². The van der Waals surface area contributed by atoms with Gasteiger partial charge in [0.2, 0.25) is 5.91 Å². The number of methoxy groups -OCH3 is 1. The molecule has 0 saturated heterocycles. The lowest BCUT2D eigenvalue weighted by molar-refractivity contribution is -0.141. The quantitative estimate of drug-likeness (QED) is 0.268. The van der Waals surface area contributed by atoms with Crippen molar-refractivity contribution in [3.8, 4) is 11.5 Å². The van der Waals surface area contributed by atoms with E-state index in [-0.39, 0.29) is 28.7 Å². The highest BCUT2D eigenvalue weighted by Crippen LogP contribution is 2.46. The zero-order chi connectivity index (χ0) is 30.8. The number of carboxylic acids is 1. The van der Waals surface area contributed by atoms with Crippen molar-refractivity contribution < 1.29 is 24.2 Å². The Morgan fingerprint density at radius 1 is 1.16 bits per heavy atom. The first kappa shape index (κ1) is 30.1. The maximum atomic E-state index is 14.0. The third-order valence-electron chi connectivity index (χ3n) is 9.67. The van der Waals surface area contributed by atoms with Crippen LogP contribution in [0, 0.1) is 11.8 Å². The Morgan fingerprint density at radius 2 is 1.98 bits per heavy atom. The van der Waals surface area contributed by atoms with Gasteiger partial charge in [0.15, 0.2) is 0 Å². The van der Waals surface area contributed by atoms with E-state index in [0.29, 0.717) is 38.5 Å². The molecule has 3 aromatic carbocycles. The number of ether oxygens (including phenoxy) is 2. The Kier molecular flexibility index (Phi) is 8.59. The van der Waals surface area contributed by atoms with Crippen LogP contribution in [-0.4, -0.2) is 55.2 Å². The van der Waals surface area contributed by atoms with E-state index in [1.807, 2.05) is 35.2 Å². The second-order valence-corrected chi connectivity index (χ2v) is 12.8. The summed E-state index contributed by atoms with van der Waals surface area (Å²) in [5.74, 6) is 0.647. The SMILES string of the molecule is C=CCN(Cc1ccc(OC)cc1)C(=O)[C@@H]1CC[C@H]1CN1CC2(CCCc3cc(Cl)ccc32)COc2ccc(C(=O)O)cc21. The number of benzene rings is 3. The van der Waals surface area contributed by atoms with Crippen LogP contribution >= 0.6 is 11.6 Å². The zero-order valence-electron chi connectivity index (χ0n) is 25.1. The number of rotatable bonds is 9. The summed E-state index contributed by atoms with van der Waals surface area (Å²) in [6.45, 7) is 6.70. The first-order chi connectivity index (χ1) is 21.3. The van der Waals surface area contributed by atoms with Gasteiger partial charge in [-0.15, -0.1) is 6.58 Å². The molecule has 0 aromatic heterocycles. The highest BCUT2D eigenvalue weighted by molar-refractivity contribution is 6.30. The highest BCUT2D eigenvalue weighted by Gasteiger charge is 2.45. The fraction of sp³-hybridized carbons (Fsp3) is 0.389. The smallest absolute Gasteiger partial charge is 0.335 e. The van der Waals surface area contributed by atoms with E-state index in [2.05, 4.69) is 23.6 Å². The van der Waals surface area contributed by atoms with Gasteiger partial charge in [0.05, 0.1) is 25.0 Å². The van der Waals surface area contributed by atoms with Crippen molar-refractivity contribution in [1.29, 1.82) is 0 Å². The normalized spacial score (nSPS) is 22.1. The Bertz CT molecular complexity index is 1560. The summed E-state index contributed by atoms with van der Waals surface area (Å²) >= 11 is 6.39. The highest BCUT2D eigenvalue weighted by atomic mass is 35.5. The van der Waals surface area contributed by atoms with Crippen LogP contribution in [-0.2, 0) is 23.2 Å². The molecule has 0 radical (unpaired) electrons. The molecule has 0 bridgehead atoms. The second kappa shape index (κ2) is 12.6. The first-order valence-electron chi connectivity index (χ1n) is 15.4. The van der Waals surface area contributed by atoms with Crippen molar-refractivity contribution in [2.75, 3.05) is 38.3 Å². The standard InChI is InChI=1S/C36H39ClN2O5/c1-3-17-38(20-24-6-11-29(43-2)12-7-24)34(40)30-13-8-27(30)21-39-22-36(16-4-5-25-18-28(37)10-14-31(25)36)23-44-33-15-9-26(35(41)42)19-32(33)39/h3,6-7,9-12,14-15,18-19,27,30H,1,4-5,8,13,16-17,20-23H2,2H3,(H,41,42)/t27-,30+,36?/m0/s1. The summed E-state index contributed by atoms with van der Waals surface area (Å²) in [6, 6.07) is 19.1. The number of hydrogen-bond acceptors (Lipinski definition) is 5. The molecule has 6 rings (SSSR count). The van der Waals surface area contributed by atoms with E-state index in [0.717, 1.165) is 54.1 Å². The summed E-state index contributed by atoms with van der Waals surface area (Å²) in [6.07, 6.45) is 6.50.